The monoisotopic (exact) mass is 312 g/mol. The van der Waals surface area contributed by atoms with Crippen LogP contribution in [0, 0.1) is 12.3 Å². The van der Waals surface area contributed by atoms with E-state index in [1.54, 1.807) is 11.3 Å². The molecule has 0 spiro atoms. The zero-order chi connectivity index (χ0) is 15.7. The zero-order valence-electron chi connectivity index (χ0n) is 13.7. The molecule has 0 atom stereocenters. The molecule has 22 heavy (non-hydrogen) atoms. The molecule has 0 amide bonds. The Morgan fingerprint density at radius 3 is 2.64 bits per heavy atom. The van der Waals surface area contributed by atoms with Gasteiger partial charge >= 0.3 is 0 Å². The Morgan fingerprint density at radius 2 is 1.91 bits per heavy atom. The summed E-state index contributed by atoms with van der Waals surface area (Å²) >= 11 is 1.72. The van der Waals surface area contributed by atoms with Crippen LogP contribution >= 0.6 is 11.3 Å². The molecule has 1 aliphatic rings. The van der Waals surface area contributed by atoms with Crippen LogP contribution in [0.1, 0.15) is 57.9 Å². The molecular weight excluding hydrogens is 288 g/mol. The molecule has 1 aromatic heterocycles. The summed E-state index contributed by atoms with van der Waals surface area (Å²) in [4.78, 5) is 15.1. The van der Waals surface area contributed by atoms with Gasteiger partial charge in [-0.25, -0.2) is 0 Å². The van der Waals surface area contributed by atoms with Gasteiger partial charge in [0.1, 0.15) is 0 Å². The van der Waals surface area contributed by atoms with Crippen molar-refractivity contribution in [1.82, 2.24) is 0 Å². The lowest BCUT2D eigenvalue weighted by atomic mass is 9.74. The fourth-order valence-electron chi connectivity index (χ4n) is 3.39. The predicted molar refractivity (Wildman–Crippen MR) is 94.0 cm³/mol. The van der Waals surface area contributed by atoms with Crippen LogP contribution in [0.5, 0.6) is 0 Å². The third-order valence-electron chi connectivity index (χ3n) is 4.76. The molecular formula is C20H24OS. The maximum Gasteiger partial charge on any atom is 0.173 e. The highest BCUT2D eigenvalue weighted by Gasteiger charge is 2.31. The number of hydrogen-bond acceptors (Lipinski definition) is 2. The summed E-state index contributed by atoms with van der Waals surface area (Å²) in [6.45, 7) is 6.85. The quantitative estimate of drug-likeness (QED) is 0.692. The molecule has 0 N–H and O–H groups in total. The summed E-state index contributed by atoms with van der Waals surface area (Å²) in [5.74, 6) is 0.331. The second-order valence-corrected chi connectivity index (χ2v) is 8.42. The third kappa shape index (κ3) is 3.17. The van der Waals surface area contributed by atoms with Crippen molar-refractivity contribution in [3.8, 4) is 0 Å². The summed E-state index contributed by atoms with van der Waals surface area (Å²) in [6, 6.07) is 10.3. The van der Waals surface area contributed by atoms with Crippen LogP contribution in [0.2, 0.25) is 0 Å². The van der Waals surface area contributed by atoms with Crippen molar-refractivity contribution < 1.29 is 4.79 Å². The molecule has 1 nitrogen and oxygen atoms in total. The van der Waals surface area contributed by atoms with E-state index in [4.69, 9.17) is 0 Å². The normalized spacial score (nSPS) is 16.3. The van der Waals surface area contributed by atoms with Gasteiger partial charge in [0.05, 0.1) is 4.88 Å². The van der Waals surface area contributed by atoms with Gasteiger partial charge in [-0.05, 0) is 54.7 Å². The molecule has 2 heteroatoms. The van der Waals surface area contributed by atoms with Gasteiger partial charge in [-0.3, -0.25) is 4.79 Å². The number of hydrogen-bond donors (Lipinski definition) is 0. The molecule has 1 aromatic carbocycles. The van der Waals surface area contributed by atoms with Crippen LogP contribution in [-0.2, 0) is 19.3 Å². The fourth-order valence-corrected chi connectivity index (χ4v) is 4.58. The van der Waals surface area contributed by atoms with Gasteiger partial charge in [0.25, 0.3) is 0 Å². The van der Waals surface area contributed by atoms with E-state index < -0.39 is 0 Å². The smallest absolute Gasteiger partial charge is 0.173 e. The Hall–Kier alpha value is -1.41. The van der Waals surface area contributed by atoms with E-state index in [1.165, 1.54) is 28.0 Å². The molecule has 3 rings (SSSR count). The number of carbonyl (C=O) groups excluding carboxylic acids is 1. The standard InChI is InChI=1S/C20H24OS/c1-14-17-13-20(2,3)12-11-16(17)19(22-14)18(21)10-9-15-7-5-4-6-8-15/h4-8H,9-13H2,1-3H3. The first-order valence-corrected chi connectivity index (χ1v) is 8.96. The Morgan fingerprint density at radius 1 is 1.18 bits per heavy atom. The summed E-state index contributed by atoms with van der Waals surface area (Å²) in [5.41, 5.74) is 4.45. The summed E-state index contributed by atoms with van der Waals surface area (Å²) in [5, 5.41) is 0. The number of rotatable bonds is 4. The van der Waals surface area contributed by atoms with Gasteiger partial charge in [-0.2, -0.15) is 0 Å². The number of Topliss-reactive ketones (excluding diaryl/α,β-unsaturated/α-hetero) is 1. The first-order valence-electron chi connectivity index (χ1n) is 8.14. The average Bonchev–Trinajstić information content (AvgIpc) is 2.81. The lowest BCUT2D eigenvalue weighted by Gasteiger charge is -2.30. The van der Waals surface area contributed by atoms with Crippen molar-refractivity contribution in [2.24, 2.45) is 5.41 Å². The van der Waals surface area contributed by atoms with Crippen LogP contribution in [0.25, 0.3) is 0 Å². The Bertz CT molecular complexity index is 679. The Balaban J connectivity index is 1.77. The largest absolute Gasteiger partial charge is 0.293 e. The zero-order valence-corrected chi connectivity index (χ0v) is 14.6. The number of benzene rings is 1. The van der Waals surface area contributed by atoms with Gasteiger partial charge in [0.2, 0.25) is 0 Å². The SMILES string of the molecule is Cc1sc(C(=O)CCc2ccccc2)c2c1CC(C)(C)CC2. The lowest BCUT2D eigenvalue weighted by molar-refractivity contribution is 0.0985. The van der Waals surface area contributed by atoms with Gasteiger partial charge in [-0.1, -0.05) is 44.2 Å². The van der Waals surface area contributed by atoms with E-state index in [0.29, 0.717) is 17.6 Å². The van der Waals surface area contributed by atoms with E-state index in [-0.39, 0.29) is 0 Å². The Labute approximate surface area is 137 Å². The highest BCUT2D eigenvalue weighted by molar-refractivity contribution is 7.14. The lowest BCUT2D eigenvalue weighted by Crippen LogP contribution is -2.22. The molecule has 0 unspecified atom stereocenters. The summed E-state index contributed by atoms with van der Waals surface area (Å²) < 4.78 is 0. The minimum atomic E-state index is 0.331. The molecule has 0 fully saturated rings. The number of ketones is 1. The van der Waals surface area contributed by atoms with E-state index >= 15 is 0 Å². The highest BCUT2D eigenvalue weighted by atomic mass is 32.1. The second kappa shape index (κ2) is 6.00. The van der Waals surface area contributed by atoms with Crippen molar-refractivity contribution in [1.29, 1.82) is 0 Å². The first kappa shape index (κ1) is 15.5. The predicted octanol–water partition coefficient (Wildman–Crippen LogP) is 5.39. The average molecular weight is 312 g/mol. The van der Waals surface area contributed by atoms with Gasteiger partial charge in [0.15, 0.2) is 5.78 Å². The minimum Gasteiger partial charge on any atom is -0.293 e. The molecule has 1 heterocycles. The third-order valence-corrected chi connectivity index (χ3v) is 5.99. The van der Waals surface area contributed by atoms with Crippen molar-refractivity contribution in [3.63, 3.8) is 0 Å². The molecule has 0 aliphatic heterocycles. The van der Waals surface area contributed by atoms with Crippen LogP contribution in [0.4, 0.5) is 0 Å². The van der Waals surface area contributed by atoms with Gasteiger partial charge in [0, 0.05) is 11.3 Å². The van der Waals surface area contributed by atoms with Crippen molar-refractivity contribution in [3.05, 3.63) is 56.8 Å². The minimum absolute atomic E-state index is 0.331. The molecule has 116 valence electrons. The topological polar surface area (TPSA) is 17.1 Å². The maximum atomic E-state index is 12.7. The second-order valence-electron chi connectivity index (χ2n) is 7.19. The van der Waals surface area contributed by atoms with E-state index in [0.717, 1.165) is 24.1 Å². The van der Waals surface area contributed by atoms with Crippen molar-refractivity contribution in [2.45, 2.75) is 52.9 Å². The van der Waals surface area contributed by atoms with E-state index in [9.17, 15) is 4.79 Å². The Kier molecular flexibility index (Phi) is 4.22. The number of fused-ring (bicyclic) bond motifs is 1. The van der Waals surface area contributed by atoms with Crippen molar-refractivity contribution >= 4 is 17.1 Å². The van der Waals surface area contributed by atoms with Gasteiger partial charge < -0.3 is 0 Å². The first-order chi connectivity index (χ1) is 10.5. The number of aryl methyl sites for hydroxylation is 2. The molecule has 0 radical (unpaired) electrons. The molecule has 0 bridgehead atoms. The molecule has 1 aliphatic carbocycles. The van der Waals surface area contributed by atoms with Crippen LogP contribution in [0.3, 0.4) is 0 Å². The maximum absolute atomic E-state index is 12.7. The number of carbonyl (C=O) groups is 1. The van der Waals surface area contributed by atoms with E-state index in [1.807, 2.05) is 18.2 Å². The molecule has 2 aromatic rings. The highest BCUT2D eigenvalue weighted by Crippen LogP contribution is 2.41. The van der Waals surface area contributed by atoms with E-state index in [2.05, 4.69) is 32.9 Å². The van der Waals surface area contributed by atoms with Crippen LogP contribution < -0.4 is 0 Å². The molecule has 0 saturated heterocycles. The summed E-state index contributed by atoms with van der Waals surface area (Å²) in [7, 11) is 0. The van der Waals surface area contributed by atoms with Crippen LogP contribution in [0.15, 0.2) is 30.3 Å². The van der Waals surface area contributed by atoms with Gasteiger partial charge in [-0.15, -0.1) is 11.3 Å². The summed E-state index contributed by atoms with van der Waals surface area (Å²) in [6.07, 6.45) is 4.85. The van der Waals surface area contributed by atoms with Crippen molar-refractivity contribution in [2.75, 3.05) is 0 Å². The number of thiophene rings is 1. The van der Waals surface area contributed by atoms with Crippen LogP contribution in [-0.4, -0.2) is 5.78 Å². The fraction of sp³-hybridized carbons (Fsp3) is 0.450. The molecule has 0 saturated carbocycles.